The largest absolute Gasteiger partial charge is 0.481 e. The number of fused-ring (bicyclic) bond motifs is 1. The molecule has 0 bridgehead atoms. The van der Waals surface area contributed by atoms with Crippen molar-refractivity contribution in [3.05, 3.63) is 53.1 Å². The van der Waals surface area contributed by atoms with E-state index in [4.69, 9.17) is 16.6 Å². The number of aliphatic carboxylic acids is 1. The Bertz CT molecular complexity index is 1220. The van der Waals surface area contributed by atoms with Gasteiger partial charge < -0.3 is 15.0 Å². The van der Waals surface area contributed by atoms with Crippen LogP contribution in [0.5, 0.6) is 0 Å². The van der Waals surface area contributed by atoms with Crippen molar-refractivity contribution in [1.82, 2.24) is 14.9 Å². The highest BCUT2D eigenvalue weighted by Crippen LogP contribution is 2.39. The number of nitrogens with one attached hydrogen (secondary N) is 1. The first-order chi connectivity index (χ1) is 17.4. The normalized spacial score (nSPS) is 22.1. The molecule has 3 aromatic rings. The van der Waals surface area contributed by atoms with Crippen LogP contribution in [-0.4, -0.2) is 33.2 Å². The van der Waals surface area contributed by atoms with E-state index >= 15 is 0 Å². The highest BCUT2D eigenvalue weighted by Gasteiger charge is 2.31. The van der Waals surface area contributed by atoms with Crippen molar-refractivity contribution >= 4 is 28.6 Å². The van der Waals surface area contributed by atoms with Gasteiger partial charge in [-0.05, 0) is 68.7 Å². The molecule has 1 unspecified atom stereocenters. The third kappa shape index (κ3) is 5.28. The summed E-state index contributed by atoms with van der Waals surface area (Å²) in [6, 6.07) is 10.1. The number of hydrogen-bond donors (Lipinski definition) is 2. The third-order valence-electron chi connectivity index (χ3n) is 8.05. The zero-order valence-electron chi connectivity index (χ0n) is 20.2. The number of aromatic nitrogens is 2. The quantitative estimate of drug-likeness (QED) is 0.356. The fourth-order valence-electron chi connectivity index (χ4n) is 6.05. The van der Waals surface area contributed by atoms with Gasteiger partial charge in [-0.3, -0.25) is 4.79 Å². The van der Waals surface area contributed by atoms with E-state index in [0.717, 1.165) is 44.1 Å². The monoisotopic (exact) mass is 515 g/mol. The first-order valence-electron chi connectivity index (χ1n) is 13.0. The summed E-state index contributed by atoms with van der Waals surface area (Å²) in [6.07, 6.45) is 8.65. The van der Waals surface area contributed by atoms with Crippen molar-refractivity contribution in [2.75, 3.05) is 6.54 Å². The zero-order valence-corrected chi connectivity index (χ0v) is 21.0. The molecule has 36 heavy (non-hydrogen) atoms. The lowest BCUT2D eigenvalue weighted by atomic mass is 9.82. The van der Waals surface area contributed by atoms with Gasteiger partial charge in [0.05, 0.1) is 23.0 Å². The van der Waals surface area contributed by atoms with Crippen molar-refractivity contribution in [1.29, 1.82) is 0 Å². The van der Waals surface area contributed by atoms with Crippen molar-refractivity contribution in [3.63, 3.8) is 0 Å². The van der Waals surface area contributed by atoms with Crippen molar-refractivity contribution in [3.8, 4) is 11.4 Å². The molecule has 0 spiro atoms. The Balaban J connectivity index is 1.52. The van der Waals surface area contributed by atoms with Crippen LogP contribution in [0, 0.1) is 23.5 Å². The lowest BCUT2D eigenvalue weighted by Gasteiger charge is -2.35. The fraction of sp³-hybridized carbons (Fsp3) is 0.500. The Morgan fingerprint density at radius 2 is 1.69 bits per heavy atom. The molecular formula is C28H32ClF2N3O2. The van der Waals surface area contributed by atoms with E-state index in [-0.39, 0.29) is 18.0 Å². The molecule has 1 atom stereocenters. The van der Waals surface area contributed by atoms with Crippen molar-refractivity contribution in [2.24, 2.45) is 11.8 Å². The average molecular weight is 516 g/mol. The van der Waals surface area contributed by atoms with Crippen molar-refractivity contribution in [2.45, 2.75) is 69.9 Å². The topological polar surface area (TPSA) is 67.2 Å². The van der Waals surface area contributed by atoms with E-state index in [1.165, 1.54) is 18.6 Å². The SMILES string of the molecule is O=C(O)[C@H]1CC[C@@H](NCC(C2CCCCC2)n2c(-c3ccc(Cl)cc3)nc3cc(F)c(F)cc32)CC1. The molecule has 2 aliphatic carbocycles. The van der Waals surface area contributed by atoms with Crippen LogP contribution < -0.4 is 5.32 Å². The highest BCUT2D eigenvalue weighted by atomic mass is 35.5. The minimum absolute atomic E-state index is 0.00281. The van der Waals surface area contributed by atoms with E-state index in [1.807, 2.05) is 12.1 Å². The summed E-state index contributed by atoms with van der Waals surface area (Å²) in [4.78, 5) is 16.1. The Morgan fingerprint density at radius 3 is 2.36 bits per heavy atom. The Morgan fingerprint density at radius 1 is 1.03 bits per heavy atom. The molecule has 0 aliphatic heterocycles. The van der Waals surface area contributed by atoms with Crippen LogP contribution in [0.3, 0.4) is 0 Å². The molecule has 2 saturated carbocycles. The van der Waals surface area contributed by atoms with E-state index in [9.17, 15) is 18.7 Å². The maximum Gasteiger partial charge on any atom is 0.306 e. The summed E-state index contributed by atoms with van der Waals surface area (Å²) in [6.45, 7) is 0.665. The van der Waals surface area contributed by atoms with Crippen LogP contribution in [0.1, 0.15) is 63.8 Å². The molecule has 5 nitrogen and oxygen atoms in total. The van der Waals surface area contributed by atoms with Gasteiger partial charge in [0.1, 0.15) is 5.82 Å². The lowest BCUT2D eigenvalue weighted by Crippen LogP contribution is -2.40. The second-order valence-electron chi connectivity index (χ2n) is 10.3. The Labute approximate surface area is 214 Å². The van der Waals surface area contributed by atoms with Gasteiger partial charge in [0.15, 0.2) is 11.6 Å². The predicted octanol–water partition coefficient (Wildman–Crippen LogP) is 6.99. The van der Waals surface area contributed by atoms with E-state index in [2.05, 4.69) is 9.88 Å². The first kappa shape index (κ1) is 25.2. The molecule has 2 fully saturated rings. The summed E-state index contributed by atoms with van der Waals surface area (Å²) >= 11 is 6.14. The Hall–Kier alpha value is -2.51. The average Bonchev–Trinajstić information content (AvgIpc) is 3.23. The maximum absolute atomic E-state index is 14.5. The molecule has 0 radical (unpaired) electrons. The predicted molar refractivity (Wildman–Crippen MR) is 137 cm³/mol. The first-order valence-corrected chi connectivity index (χ1v) is 13.4. The number of benzene rings is 2. The van der Waals surface area contributed by atoms with E-state index in [0.29, 0.717) is 47.2 Å². The molecule has 5 rings (SSSR count). The molecule has 192 valence electrons. The number of carboxylic acid groups (broad SMARTS) is 1. The van der Waals surface area contributed by atoms with Gasteiger partial charge in [-0.2, -0.15) is 0 Å². The smallest absolute Gasteiger partial charge is 0.306 e. The summed E-state index contributed by atoms with van der Waals surface area (Å²) in [5, 5.41) is 13.7. The van der Waals surface area contributed by atoms with Gasteiger partial charge in [-0.1, -0.05) is 30.9 Å². The number of nitrogens with zero attached hydrogens (tertiary/aromatic N) is 2. The number of carbonyl (C=O) groups is 1. The lowest BCUT2D eigenvalue weighted by molar-refractivity contribution is -0.142. The second kappa shape index (κ2) is 10.9. The summed E-state index contributed by atoms with van der Waals surface area (Å²) in [5.41, 5.74) is 1.87. The van der Waals surface area contributed by atoms with Crippen LogP contribution in [0.2, 0.25) is 5.02 Å². The molecule has 2 aromatic carbocycles. The molecule has 2 aliphatic rings. The molecular weight excluding hydrogens is 484 g/mol. The van der Waals surface area contributed by atoms with Gasteiger partial charge in [0, 0.05) is 35.3 Å². The second-order valence-corrected chi connectivity index (χ2v) is 10.8. The number of imidazole rings is 1. The van der Waals surface area contributed by atoms with Gasteiger partial charge in [0.25, 0.3) is 0 Å². The van der Waals surface area contributed by atoms with E-state index < -0.39 is 17.6 Å². The van der Waals surface area contributed by atoms with E-state index in [1.54, 1.807) is 12.1 Å². The molecule has 0 amide bonds. The summed E-state index contributed by atoms with van der Waals surface area (Å²) in [7, 11) is 0. The number of halogens is 3. The molecule has 8 heteroatoms. The summed E-state index contributed by atoms with van der Waals surface area (Å²) in [5.74, 6) is -1.70. The molecule has 1 heterocycles. The highest BCUT2D eigenvalue weighted by molar-refractivity contribution is 6.30. The number of hydrogen-bond acceptors (Lipinski definition) is 3. The van der Waals surface area contributed by atoms with Crippen LogP contribution in [0.25, 0.3) is 22.4 Å². The molecule has 2 N–H and O–H groups in total. The number of rotatable bonds is 7. The minimum atomic E-state index is -0.905. The standard InChI is InChI=1S/C28H32ClF2N3O2/c29-20-10-6-18(7-11-20)27-33-24-14-22(30)23(31)15-25(24)34(27)26(17-4-2-1-3-5-17)16-32-21-12-8-19(9-13-21)28(35)36/h6-7,10-11,14-15,17,19,21,26,32H,1-5,8-9,12-13,16H2,(H,35,36)/t19-,21+,26?. The van der Waals surface area contributed by atoms with Crippen LogP contribution in [-0.2, 0) is 4.79 Å². The van der Waals surface area contributed by atoms with Gasteiger partial charge in [0.2, 0.25) is 0 Å². The van der Waals surface area contributed by atoms with Crippen LogP contribution in [0.15, 0.2) is 36.4 Å². The zero-order chi connectivity index (χ0) is 25.2. The fourth-order valence-corrected chi connectivity index (χ4v) is 6.17. The minimum Gasteiger partial charge on any atom is -0.481 e. The van der Waals surface area contributed by atoms with Crippen molar-refractivity contribution < 1.29 is 18.7 Å². The van der Waals surface area contributed by atoms with Crippen LogP contribution >= 0.6 is 11.6 Å². The molecule has 1 aromatic heterocycles. The van der Waals surface area contributed by atoms with Gasteiger partial charge in [-0.15, -0.1) is 0 Å². The number of carboxylic acids is 1. The summed E-state index contributed by atoms with van der Waals surface area (Å²) < 4.78 is 30.8. The molecule has 0 saturated heterocycles. The van der Waals surface area contributed by atoms with Gasteiger partial charge in [-0.25, -0.2) is 13.8 Å². The third-order valence-corrected chi connectivity index (χ3v) is 8.30. The van der Waals surface area contributed by atoms with Gasteiger partial charge >= 0.3 is 5.97 Å². The maximum atomic E-state index is 14.5. The Kier molecular flexibility index (Phi) is 7.58. The van der Waals surface area contributed by atoms with Crippen LogP contribution in [0.4, 0.5) is 8.78 Å².